The molecule has 0 amide bonds. The Labute approximate surface area is 90.9 Å². The topological polar surface area (TPSA) is 53.6 Å². The van der Waals surface area contributed by atoms with Crippen LogP contribution in [0.1, 0.15) is 26.7 Å². The third kappa shape index (κ3) is 4.13. The minimum atomic E-state index is 0.292. The molecule has 15 heavy (non-hydrogen) atoms. The second-order valence-corrected chi connectivity index (χ2v) is 3.76. The van der Waals surface area contributed by atoms with Gasteiger partial charge in [0.2, 0.25) is 0 Å². The highest BCUT2D eigenvalue weighted by Crippen LogP contribution is 1.99. The molecule has 0 saturated heterocycles. The van der Waals surface area contributed by atoms with Gasteiger partial charge in [-0.15, -0.1) is 0 Å². The lowest BCUT2D eigenvalue weighted by Crippen LogP contribution is -2.38. The van der Waals surface area contributed by atoms with Crippen molar-refractivity contribution in [3.63, 3.8) is 0 Å². The van der Waals surface area contributed by atoms with Crippen molar-refractivity contribution in [1.29, 1.82) is 5.26 Å². The summed E-state index contributed by atoms with van der Waals surface area (Å²) in [5, 5.41) is 16.2. The van der Waals surface area contributed by atoms with E-state index in [2.05, 4.69) is 30.3 Å². The predicted molar refractivity (Wildman–Crippen MR) is 59.1 cm³/mol. The Kier molecular flexibility index (Phi) is 4.85. The van der Waals surface area contributed by atoms with Crippen molar-refractivity contribution in [2.45, 2.75) is 45.3 Å². The highest BCUT2D eigenvalue weighted by atomic mass is 15.3. The number of rotatable bonds is 6. The van der Waals surface area contributed by atoms with Gasteiger partial charge < -0.3 is 5.32 Å². The zero-order valence-electron chi connectivity index (χ0n) is 9.35. The van der Waals surface area contributed by atoms with E-state index >= 15 is 0 Å². The van der Waals surface area contributed by atoms with E-state index in [-0.39, 0.29) is 0 Å². The number of hydrogen-bond donors (Lipinski definition) is 1. The Morgan fingerprint density at radius 2 is 2.40 bits per heavy atom. The number of nitrogens with zero attached hydrogens (tertiary/aromatic N) is 3. The highest BCUT2D eigenvalue weighted by molar-refractivity contribution is 4.83. The van der Waals surface area contributed by atoms with Crippen LogP contribution in [0.3, 0.4) is 0 Å². The molecule has 0 saturated carbocycles. The van der Waals surface area contributed by atoms with Crippen LogP contribution in [-0.4, -0.2) is 21.9 Å². The van der Waals surface area contributed by atoms with Crippen molar-refractivity contribution in [2.75, 3.05) is 0 Å². The van der Waals surface area contributed by atoms with Gasteiger partial charge in [-0.25, -0.2) is 0 Å². The fraction of sp³-hybridized carbons (Fsp3) is 0.636. The number of aromatic nitrogens is 2. The Morgan fingerprint density at radius 1 is 1.60 bits per heavy atom. The van der Waals surface area contributed by atoms with Crippen LogP contribution in [0.25, 0.3) is 0 Å². The van der Waals surface area contributed by atoms with Crippen LogP contribution < -0.4 is 5.32 Å². The Hall–Kier alpha value is -1.34. The average Bonchev–Trinajstić information content (AvgIpc) is 2.69. The standard InChI is InChI=1S/C11H18N4/c1-3-11(5-6-12)14-10(2)9-15-8-4-7-13-15/h4,7-8,10-11,14H,3,5,9H2,1-2H3. The van der Waals surface area contributed by atoms with E-state index in [0.29, 0.717) is 18.5 Å². The molecule has 0 aromatic carbocycles. The van der Waals surface area contributed by atoms with Crippen molar-refractivity contribution >= 4 is 0 Å². The molecule has 1 rings (SSSR count). The zero-order valence-corrected chi connectivity index (χ0v) is 9.35. The van der Waals surface area contributed by atoms with Crippen LogP contribution in [0.4, 0.5) is 0 Å². The van der Waals surface area contributed by atoms with E-state index in [1.54, 1.807) is 6.20 Å². The molecule has 4 heteroatoms. The molecule has 0 fully saturated rings. The molecule has 1 N–H and O–H groups in total. The molecule has 1 aromatic heterocycles. The molecule has 1 heterocycles. The summed E-state index contributed by atoms with van der Waals surface area (Å²) in [7, 11) is 0. The van der Waals surface area contributed by atoms with Gasteiger partial charge >= 0.3 is 0 Å². The summed E-state index contributed by atoms with van der Waals surface area (Å²) in [6, 6.07) is 4.74. The summed E-state index contributed by atoms with van der Waals surface area (Å²) in [5.74, 6) is 0. The zero-order chi connectivity index (χ0) is 11.1. The van der Waals surface area contributed by atoms with Crippen molar-refractivity contribution < 1.29 is 0 Å². The van der Waals surface area contributed by atoms with Crippen LogP contribution in [0, 0.1) is 11.3 Å². The second-order valence-electron chi connectivity index (χ2n) is 3.76. The van der Waals surface area contributed by atoms with Gasteiger partial charge in [0, 0.05) is 24.5 Å². The lowest BCUT2D eigenvalue weighted by atomic mass is 10.1. The fourth-order valence-corrected chi connectivity index (χ4v) is 1.58. The Morgan fingerprint density at radius 3 is 2.93 bits per heavy atom. The first kappa shape index (κ1) is 11.7. The lowest BCUT2D eigenvalue weighted by molar-refractivity contribution is 0.389. The monoisotopic (exact) mass is 206 g/mol. The van der Waals surface area contributed by atoms with Gasteiger partial charge in [0.05, 0.1) is 19.0 Å². The maximum absolute atomic E-state index is 8.63. The first-order chi connectivity index (χ1) is 7.26. The van der Waals surface area contributed by atoms with Crippen LogP contribution in [0.15, 0.2) is 18.5 Å². The summed E-state index contributed by atoms with van der Waals surface area (Å²) >= 11 is 0. The lowest BCUT2D eigenvalue weighted by Gasteiger charge is -2.20. The quantitative estimate of drug-likeness (QED) is 0.768. The molecule has 0 aliphatic rings. The molecule has 4 nitrogen and oxygen atoms in total. The SMILES string of the molecule is CCC(CC#N)NC(C)Cn1cccn1. The van der Waals surface area contributed by atoms with E-state index in [4.69, 9.17) is 5.26 Å². The van der Waals surface area contributed by atoms with Gasteiger partial charge in [0.15, 0.2) is 0 Å². The molecule has 0 bridgehead atoms. The minimum Gasteiger partial charge on any atom is -0.309 e. The summed E-state index contributed by atoms with van der Waals surface area (Å²) in [4.78, 5) is 0. The summed E-state index contributed by atoms with van der Waals surface area (Å²) < 4.78 is 1.90. The normalized spacial score (nSPS) is 14.5. The first-order valence-electron chi connectivity index (χ1n) is 5.36. The largest absolute Gasteiger partial charge is 0.309 e. The summed E-state index contributed by atoms with van der Waals surface area (Å²) in [5.41, 5.74) is 0. The predicted octanol–water partition coefficient (Wildman–Crippen LogP) is 1.55. The van der Waals surface area contributed by atoms with E-state index in [0.717, 1.165) is 13.0 Å². The number of hydrogen-bond acceptors (Lipinski definition) is 3. The van der Waals surface area contributed by atoms with Crippen LogP contribution >= 0.6 is 0 Å². The van der Waals surface area contributed by atoms with Gasteiger partial charge in [-0.3, -0.25) is 4.68 Å². The van der Waals surface area contributed by atoms with Crippen molar-refractivity contribution in [3.05, 3.63) is 18.5 Å². The third-order valence-corrected chi connectivity index (χ3v) is 2.37. The Balaban J connectivity index is 2.34. The fourth-order valence-electron chi connectivity index (χ4n) is 1.58. The molecule has 0 spiro atoms. The van der Waals surface area contributed by atoms with Gasteiger partial charge in [0.1, 0.15) is 0 Å². The smallest absolute Gasteiger partial charge is 0.0638 e. The maximum Gasteiger partial charge on any atom is 0.0638 e. The van der Waals surface area contributed by atoms with Crippen molar-refractivity contribution in [1.82, 2.24) is 15.1 Å². The molecular weight excluding hydrogens is 188 g/mol. The maximum atomic E-state index is 8.63. The number of nitrogens with one attached hydrogen (secondary N) is 1. The summed E-state index contributed by atoms with van der Waals surface area (Å²) in [6.45, 7) is 5.05. The molecule has 0 radical (unpaired) electrons. The van der Waals surface area contributed by atoms with E-state index in [1.807, 2.05) is 16.9 Å². The summed E-state index contributed by atoms with van der Waals surface area (Å²) in [6.07, 6.45) is 5.28. The van der Waals surface area contributed by atoms with Gasteiger partial charge in [0.25, 0.3) is 0 Å². The van der Waals surface area contributed by atoms with Crippen LogP contribution in [0.5, 0.6) is 0 Å². The molecular formula is C11H18N4. The molecule has 2 unspecified atom stereocenters. The average molecular weight is 206 g/mol. The molecule has 82 valence electrons. The van der Waals surface area contributed by atoms with Gasteiger partial charge in [-0.05, 0) is 19.4 Å². The van der Waals surface area contributed by atoms with E-state index in [9.17, 15) is 0 Å². The van der Waals surface area contributed by atoms with E-state index < -0.39 is 0 Å². The molecule has 0 aliphatic heterocycles. The third-order valence-electron chi connectivity index (χ3n) is 2.37. The van der Waals surface area contributed by atoms with Crippen LogP contribution in [-0.2, 0) is 6.54 Å². The molecule has 2 atom stereocenters. The molecule has 1 aromatic rings. The van der Waals surface area contributed by atoms with Gasteiger partial charge in [-0.2, -0.15) is 10.4 Å². The minimum absolute atomic E-state index is 0.292. The van der Waals surface area contributed by atoms with Crippen molar-refractivity contribution in [3.8, 4) is 6.07 Å². The van der Waals surface area contributed by atoms with Crippen LogP contribution in [0.2, 0.25) is 0 Å². The highest BCUT2D eigenvalue weighted by Gasteiger charge is 2.09. The van der Waals surface area contributed by atoms with E-state index in [1.165, 1.54) is 0 Å². The molecule has 0 aliphatic carbocycles. The van der Waals surface area contributed by atoms with Gasteiger partial charge in [-0.1, -0.05) is 6.92 Å². The second kappa shape index (κ2) is 6.20. The number of nitriles is 1. The van der Waals surface area contributed by atoms with Crippen molar-refractivity contribution in [2.24, 2.45) is 0 Å². The Bertz CT molecular complexity index is 299. The first-order valence-corrected chi connectivity index (χ1v) is 5.36.